The summed E-state index contributed by atoms with van der Waals surface area (Å²) in [5.74, 6) is 1.07. The van der Waals surface area contributed by atoms with Crippen LogP contribution in [0, 0.1) is 9.49 Å². The fraction of sp³-hybridized carbons (Fsp3) is 0.636. The Morgan fingerprint density at radius 3 is 2.76 bits per heavy atom. The molecule has 94 valence electrons. The zero-order valence-corrected chi connectivity index (χ0v) is 12.5. The van der Waals surface area contributed by atoms with Gasteiger partial charge in [-0.1, -0.05) is 19.3 Å². The molecule has 1 saturated carbocycles. The lowest BCUT2D eigenvalue weighted by molar-refractivity contribution is 0.0947. The van der Waals surface area contributed by atoms with Gasteiger partial charge >= 0.3 is 0 Å². The topological polar surface area (TPSA) is 68.0 Å². The summed E-state index contributed by atoms with van der Waals surface area (Å²) >= 11 is 3.25. The van der Waals surface area contributed by atoms with Gasteiger partial charge in [0.05, 0.1) is 3.57 Å². The van der Waals surface area contributed by atoms with Gasteiger partial charge in [0.1, 0.15) is 4.88 Å². The number of rotatable bonds is 3. The summed E-state index contributed by atoms with van der Waals surface area (Å²) in [5, 5.41) is 2.99. The molecule has 0 atom stereocenters. The molecule has 0 saturated heterocycles. The zero-order chi connectivity index (χ0) is 12.3. The van der Waals surface area contributed by atoms with Gasteiger partial charge in [-0.15, -0.1) is 0 Å². The number of aromatic nitrogens is 1. The van der Waals surface area contributed by atoms with E-state index in [1.54, 1.807) is 0 Å². The SMILES string of the molecule is Nc1nsc(C(=O)NCC2CCCCC2)c1I. The Labute approximate surface area is 119 Å². The number of amides is 1. The minimum atomic E-state index is -0.0332. The summed E-state index contributed by atoms with van der Waals surface area (Å²) < 4.78 is 4.76. The molecule has 3 N–H and O–H groups in total. The van der Waals surface area contributed by atoms with Gasteiger partial charge in [0.25, 0.3) is 5.91 Å². The molecule has 2 rings (SSSR count). The van der Waals surface area contributed by atoms with Crippen LogP contribution in [-0.4, -0.2) is 16.8 Å². The van der Waals surface area contributed by atoms with Gasteiger partial charge in [-0.2, -0.15) is 4.37 Å². The first-order valence-electron chi connectivity index (χ1n) is 5.87. The number of nitrogens with two attached hydrogens (primary N) is 1. The molecule has 1 aromatic heterocycles. The van der Waals surface area contributed by atoms with Crippen molar-refractivity contribution < 1.29 is 4.79 Å². The maximum atomic E-state index is 11.9. The van der Waals surface area contributed by atoms with E-state index in [1.807, 2.05) is 0 Å². The van der Waals surface area contributed by atoms with Crippen molar-refractivity contribution in [2.24, 2.45) is 5.92 Å². The first-order valence-corrected chi connectivity index (χ1v) is 7.72. The number of nitrogens with one attached hydrogen (secondary N) is 1. The number of carbonyl (C=O) groups is 1. The molecule has 1 amide bonds. The van der Waals surface area contributed by atoms with Crippen LogP contribution in [0.25, 0.3) is 0 Å². The third-order valence-electron chi connectivity index (χ3n) is 3.14. The van der Waals surface area contributed by atoms with E-state index in [1.165, 1.54) is 43.6 Å². The van der Waals surface area contributed by atoms with Crippen LogP contribution in [0.2, 0.25) is 0 Å². The highest BCUT2D eigenvalue weighted by Crippen LogP contribution is 2.24. The second kappa shape index (κ2) is 5.99. The van der Waals surface area contributed by atoms with Crippen LogP contribution < -0.4 is 11.1 Å². The van der Waals surface area contributed by atoms with E-state index in [-0.39, 0.29) is 5.91 Å². The summed E-state index contributed by atoms with van der Waals surface area (Å²) in [6.07, 6.45) is 6.41. The third-order valence-corrected chi connectivity index (χ3v) is 5.46. The van der Waals surface area contributed by atoms with E-state index in [4.69, 9.17) is 5.73 Å². The Kier molecular flexibility index (Phi) is 4.61. The van der Waals surface area contributed by atoms with Gasteiger partial charge in [-0.05, 0) is 52.9 Å². The molecule has 1 fully saturated rings. The highest BCUT2D eigenvalue weighted by molar-refractivity contribution is 14.1. The highest BCUT2D eigenvalue weighted by atomic mass is 127. The Morgan fingerprint density at radius 1 is 1.47 bits per heavy atom. The number of hydrogen-bond acceptors (Lipinski definition) is 4. The highest BCUT2D eigenvalue weighted by Gasteiger charge is 2.18. The first kappa shape index (κ1) is 13.1. The Hall–Kier alpha value is -0.370. The van der Waals surface area contributed by atoms with Crippen molar-refractivity contribution in [3.05, 3.63) is 8.45 Å². The Morgan fingerprint density at radius 2 is 2.18 bits per heavy atom. The molecule has 0 spiro atoms. The van der Waals surface area contributed by atoms with Crippen LogP contribution in [0.5, 0.6) is 0 Å². The number of anilines is 1. The second-order valence-corrected chi connectivity index (χ2v) is 6.28. The molecule has 0 aromatic carbocycles. The monoisotopic (exact) mass is 365 g/mol. The normalized spacial score (nSPS) is 17.0. The molecule has 1 heterocycles. The van der Waals surface area contributed by atoms with Gasteiger partial charge < -0.3 is 11.1 Å². The van der Waals surface area contributed by atoms with Gasteiger partial charge in [0, 0.05) is 6.54 Å². The van der Waals surface area contributed by atoms with Gasteiger partial charge in [0.2, 0.25) is 0 Å². The van der Waals surface area contributed by atoms with Crippen molar-refractivity contribution in [3.63, 3.8) is 0 Å². The van der Waals surface area contributed by atoms with Crippen LogP contribution in [-0.2, 0) is 0 Å². The van der Waals surface area contributed by atoms with E-state index in [9.17, 15) is 4.79 Å². The van der Waals surface area contributed by atoms with Crippen LogP contribution in [0.3, 0.4) is 0 Å². The molecule has 0 radical (unpaired) electrons. The second-order valence-electron chi connectivity index (χ2n) is 4.42. The lowest BCUT2D eigenvalue weighted by Gasteiger charge is -2.21. The minimum absolute atomic E-state index is 0.0332. The molecule has 1 aliphatic rings. The van der Waals surface area contributed by atoms with Gasteiger partial charge in [-0.25, -0.2) is 0 Å². The largest absolute Gasteiger partial charge is 0.382 e. The molecular formula is C11H16IN3OS. The number of nitrogens with zero attached hydrogens (tertiary/aromatic N) is 1. The van der Waals surface area contributed by atoms with Crippen molar-refractivity contribution >= 4 is 45.8 Å². The van der Waals surface area contributed by atoms with E-state index < -0.39 is 0 Å². The average Bonchev–Trinajstić information content (AvgIpc) is 2.69. The Bertz CT molecular complexity index is 401. The average molecular weight is 365 g/mol. The summed E-state index contributed by atoms with van der Waals surface area (Å²) in [6.45, 7) is 0.784. The van der Waals surface area contributed by atoms with Gasteiger partial charge in [0.15, 0.2) is 5.82 Å². The predicted octanol–water partition coefficient (Wildman–Crippen LogP) is 2.64. The first-order chi connectivity index (χ1) is 8.18. The quantitative estimate of drug-likeness (QED) is 0.810. The van der Waals surface area contributed by atoms with Crippen molar-refractivity contribution in [2.75, 3.05) is 12.3 Å². The third kappa shape index (κ3) is 3.31. The minimum Gasteiger partial charge on any atom is -0.382 e. The number of halogens is 1. The van der Waals surface area contributed by atoms with E-state index in [0.29, 0.717) is 16.6 Å². The summed E-state index contributed by atoms with van der Waals surface area (Å²) in [4.78, 5) is 12.6. The van der Waals surface area contributed by atoms with E-state index in [0.717, 1.165) is 10.1 Å². The molecule has 6 heteroatoms. The zero-order valence-electron chi connectivity index (χ0n) is 9.54. The fourth-order valence-corrected chi connectivity index (χ4v) is 3.59. The lowest BCUT2D eigenvalue weighted by atomic mass is 9.89. The van der Waals surface area contributed by atoms with Gasteiger partial charge in [-0.3, -0.25) is 4.79 Å². The van der Waals surface area contributed by atoms with Crippen molar-refractivity contribution in [1.29, 1.82) is 0 Å². The summed E-state index contributed by atoms with van der Waals surface area (Å²) in [5.41, 5.74) is 5.63. The smallest absolute Gasteiger partial charge is 0.264 e. The molecule has 0 unspecified atom stereocenters. The maximum Gasteiger partial charge on any atom is 0.264 e. The molecule has 0 bridgehead atoms. The van der Waals surface area contributed by atoms with Crippen LogP contribution >= 0.6 is 34.1 Å². The van der Waals surface area contributed by atoms with Crippen molar-refractivity contribution in [3.8, 4) is 0 Å². The van der Waals surface area contributed by atoms with E-state index >= 15 is 0 Å². The van der Waals surface area contributed by atoms with Crippen molar-refractivity contribution in [1.82, 2.24) is 9.69 Å². The van der Waals surface area contributed by atoms with E-state index in [2.05, 4.69) is 32.3 Å². The lowest BCUT2D eigenvalue weighted by Crippen LogP contribution is -2.30. The molecule has 4 nitrogen and oxygen atoms in total. The fourth-order valence-electron chi connectivity index (χ4n) is 2.14. The molecule has 17 heavy (non-hydrogen) atoms. The van der Waals surface area contributed by atoms with Crippen LogP contribution in [0.1, 0.15) is 41.8 Å². The molecule has 1 aliphatic carbocycles. The van der Waals surface area contributed by atoms with Crippen LogP contribution in [0.4, 0.5) is 5.82 Å². The Balaban J connectivity index is 1.86. The van der Waals surface area contributed by atoms with Crippen LogP contribution in [0.15, 0.2) is 0 Å². The number of carbonyl (C=O) groups excluding carboxylic acids is 1. The molecular weight excluding hydrogens is 349 g/mol. The molecule has 0 aliphatic heterocycles. The maximum absolute atomic E-state index is 11.9. The number of hydrogen-bond donors (Lipinski definition) is 2. The van der Waals surface area contributed by atoms with Crippen molar-refractivity contribution in [2.45, 2.75) is 32.1 Å². The molecule has 1 aromatic rings. The summed E-state index contributed by atoms with van der Waals surface area (Å²) in [6, 6.07) is 0. The predicted molar refractivity (Wildman–Crippen MR) is 78.2 cm³/mol. The summed E-state index contributed by atoms with van der Waals surface area (Å²) in [7, 11) is 0. The standard InChI is InChI=1S/C11H16IN3OS/c12-8-9(17-15-10(8)13)11(16)14-6-7-4-2-1-3-5-7/h7H,1-6H2,(H2,13,15)(H,14,16). The number of nitrogen functional groups attached to an aromatic ring is 1.